The molecule has 0 saturated heterocycles. The van der Waals surface area contributed by atoms with Crippen LogP contribution in [0.3, 0.4) is 0 Å². The van der Waals surface area contributed by atoms with Crippen LogP contribution in [0.2, 0.25) is 0 Å². The number of pyridine rings is 1. The van der Waals surface area contributed by atoms with Gasteiger partial charge in [-0.15, -0.1) is 0 Å². The van der Waals surface area contributed by atoms with Gasteiger partial charge in [-0.3, -0.25) is 10.3 Å². The summed E-state index contributed by atoms with van der Waals surface area (Å²) in [6.45, 7) is 0. The largest absolute Gasteiger partial charge is 0.324 e. The average Bonchev–Trinajstić information content (AvgIpc) is 2.40. The van der Waals surface area contributed by atoms with E-state index in [1.807, 2.05) is 18.2 Å². The number of para-hydroxylation sites is 1. The molecule has 4 nitrogen and oxygen atoms in total. The van der Waals surface area contributed by atoms with Gasteiger partial charge in [0.05, 0.1) is 0 Å². The molecule has 0 aliphatic heterocycles. The number of nitrogens with one attached hydrogen (secondary N) is 2. The highest BCUT2D eigenvalue weighted by Crippen LogP contribution is 2.04. The summed E-state index contributed by atoms with van der Waals surface area (Å²) in [7, 11) is 0. The van der Waals surface area contributed by atoms with Crippen molar-refractivity contribution < 1.29 is 4.79 Å². The third-order valence-corrected chi connectivity index (χ3v) is 2.52. The number of benzene rings is 1. The first-order valence-corrected chi connectivity index (χ1v) is 5.74. The molecular formula is C13H11N3OS. The van der Waals surface area contributed by atoms with Crippen LogP contribution in [0.25, 0.3) is 0 Å². The molecular weight excluding hydrogens is 246 g/mol. The molecule has 5 heteroatoms. The number of anilines is 1. The SMILES string of the molecule is O=C(NC(=S)c1cccnc1)Nc1ccccc1. The Morgan fingerprint density at radius 2 is 1.89 bits per heavy atom. The van der Waals surface area contributed by atoms with Gasteiger partial charge in [-0.1, -0.05) is 30.4 Å². The lowest BCUT2D eigenvalue weighted by Crippen LogP contribution is -2.33. The minimum absolute atomic E-state index is 0.344. The fourth-order valence-electron chi connectivity index (χ4n) is 1.36. The molecule has 0 fully saturated rings. The third kappa shape index (κ3) is 3.36. The van der Waals surface area contributed by atoms with Gasteiger partial charge in [0.25, 0.3) is 0 Å². The van der Waals surface area contributed by atoms with Gasteiger partial charge >= 0.3 is 6.03 Å². The van der Waals surface area contributed by atoms with Gasteiger partial charge in [0.2, 0.25) is 0 Å². The number of hydrogen-bond donors (Lipinski definition) is 2. The number of carbonyl (C=O) groups is 1. The van der Waals surface area contributed by atoms with E-state index in [4.69, 9.17) is 12.2 Å². The van der Waals surface area contributed by atoms with E-state index in [1.165, 1.54) is 0 Å². The van der Waals surface area contributed by atoms with Gasteiger partial charge in [0.15, 0.2) is 0 Å². The molecule has 18 heavy (non-hydrogen) atoms. The van der Waals surface area contributed by atoms with Gasteiger partial charge in [0.1, 0.15) is 4.99 Å². The summed E-state index contributed by atoms with van der Waals surface area (Å²) in [4.78, 5) is 15.9. The van der Waals surface area contributed by atoms with E-state index < -0.39 is 0 Å². The van der Waals surface area contributed by atoms with Gasteiger partial charge in [-0.25, -0.2) is 4.79 Å². The Kier molecular flexibility index (Phi) is 3.98. The predicted octanol–water partition coefficient (Wildman–Crippen LogP) is 2.58. The summed E-state index contributed by atoms with van der Waals surface area (Å²) < 4.78 is 0. The van der Waals surface area contributed by atoms with Gasteiger partial charge in [-0.2, -0.15) is 0 Å². The molecule has 1 heterocycles. The Labute approximate surface area is 110 Å². The molecule has 1 aromatic carbocycles. The summed E-state index contributed by atoms with van der Waals surface area (Å²) in [6, 6.07) is 12.3. The summed E-state index contributed by atoms with van der Waals surface area (Å²) >= 11 is 5.10. The minimum Gasteiger partial charge on any atom is -0.308 e. The number of hydrogen-bond acceptors (Lipinski definition) is 3. The molecule has 0 aliphatic carbocycles. The van der Waals surface area contributed by atoms with E-state index in [-0.39, 0.29) is 6.03 Å². The number of aromatic nitrogens is 1. The zero-order valence-corrected chi connectivity index (χ0v) is 10.3. The minimum atomic E-state index is -0.366. The second kappa shape index (κ2) is 5.88. The van der Waals surface area contributed by atoms with E-state index in [9.17, 15) is 4.79 Å². The van der Waals surface area contributed by atoms with E-state index in [1.54, 1.807) is 36.7 Å². The van der Waals surface area contributed by atoms with Crippen molar-refractivity contribution in [2.45, 2.75) is 0 Å². The molecule has 0 spiro atoms. The van der Waals surface area contributed by atoms with Crippen LogP contribution in [0.5, 0.6) is 0 Å². The van der Waals surface area contributed by atoms with Crippen molar-refractivity contribution in [1.29, 1.82) is 0 Å². The molecule has 0 aliphatic rings. The Morgan fingerprint density at radius 3 is 2.56 bits per heavy atom. The Bertz CT molecular complexity index is 543. The molecule has 2 amide bonds. The smallest absolute Gasteiger partial charge is 0.308 e. The van der Waals surface area contributed by atoms with Crippen LogP contribution in [0.15, 0.2) is 54.9 Å². The van der Waals surface area contributed by atoms with Crippen LogP contribution in [0, 0.1) is 0 Å². The lowest BCUT2D eigenvalue weighted by molar-refractivity contribution is 0.256. The van der Waals surface area contributed by atoms with Crippen LogP contribution < -0.4 is 10.6 Å². The highest BCUT2D eigenvalue weighted by molar-refractivity contribution is 7.80. The summed E-state index contributed by atoms with van der Waals surface area (Å²) in [5.74, 6) is 0. The molecule has 0 bridgehead atoms. The maximum atomic E-state index is 11.7. The highest BCUT2D eigenvalue weighted by Gasteiger charge is 2.06. The number of rotatable bonds is 2. The van der Waals surface area contributed by atoms with Crippen molar-refractivity contribution in [3.8, 4) is 0 Å². The zero-order chi connectivity index (χ0) is 12.8. The quantitative estimate of drug-likeness (QED) is 0.813. The molecule has 90 valence electrons. The summed E-state index contributed by atoms with van der Waals surface area (Å²) in [5, 5.41) is 5.27. The molecule has 2 rings (SSSR count). The van der Waals surface area contributed by atoms with E-state index in [2.05, 4.69) is 15.6 Å². The Morgan fingerprint density at radius 1 is 1.11 bits per heavy atom. The monoisotopic (exact) mass is 257 g/mol. The maximum Gasteiger partial charge on any atom is 0.324 e. The molecule has 0 atom stereocenters. The molecule has 2 aromatic rings. The predicted molar refractivity (Wildman–Crippen MR) is 74.5 cm³/mol. The summed E-state index contributed by atoms with van der Waals surface area (Å²) in [5.41, 5.74) is 1.42. The summed E-state index contributed by atoms with van der Waals surface area (Å²) in [6.07, 6.45) is 3.25. The van der Waals surface area contributed by atoms with Gasteiger partial charge < -0.3 is 5.32 Å². The Balaban J connectivity index is 1.94. The van der Waals surface area contributed by atoms with Crippen molar-refractivity contribution in [2.24, 2.45) is 0 Å². The molecule has 0 radical (unpaired) electrons. The first-order valence-electron chi connectivity index (χ1n) is 5.33. The highest BCUT2D eigenvalue weighted by atomic mass is 32.1. The topological polar surface area (TPSA) is 54.0 Å². The number of urea groups is 1. The normalized spacial score (nSPS) is 9.56. The number of carbonyl (C=O) groups excluding carboxylic acids is 1. The number of nitrogens with zero attached hydrogens (tertiary/aromatic N) is 1. The second-order valence-electron chi connectivity index (χ2n) is 3.52. The fourth-order valence-corrected chi connectivity index (χ4v) is 1.57. The van der Waals surface area contributed by atoms with Crippen LogP contribution in [0.1, 0.15) is 5.56 Å². The zero-order valence-electron chi connectivity index (χ0n) is 9.46. The second-order valence-corrected chi connectivity index (χ2v) is 3.92. The lowest BCUT2D eigenvalue weighted by Gasteiger charge is -2.08. The molecule has 0 saturated carbocycles. The number of thiocarbonyl (C=S) groups is 1. The van der Waals surface area contributed by atoms with Crippen LogP contribution in [-0.4, -0.2) is 16.0 Å². The standard InChI is InChI=1S/C13H11N3OS/c17-13(15-11-6-2-1-3-7-11)16-12(18)10-5-4-8-14-9-10/h1-9H,(H2,15,16,17,18). The van der Waals surface area contributed by atoms with E-state index >= 15 is 0 Å². The first kappa shape index (κ1) is 12.2. The van der Waals surface area contributed by atoms with Crippen molar-refractivity contribution in [2.75, 3.05) is 5.32 Å². The van der Waals surface area contributed by atoms with Gasteiger partial charge in [0, 0.05) is 23.6 Å². The van der Waals surface area contributed by atoms with E-state index in [0.717, 1.165) is 0 Å². The van der Waals surface area contributed by atoms with Crippen molar-refractivity contribution in [3.05, 3.63) is 60.4 Å². The van der Waals surface area contributed by atoms with Crippen LogP contribution >= 0.6 is 12.2 Å². The van der Waals surface area contributed by atoms with Crippen molar-refractivity contribution in [3.63, 3.8) is 0 Å². The van der Waals surface area contributed by atoms with Crippen LogP contribution in [0.4, 0.5) is 10.5 Å². The maximum absolute atomic E-state index is 11.7. The van der Waals surface area contributed by atoms with E-state index in [0.29, 0.717) is 16.2 Å². The van der Waals surface area contributed by atoms with Gasteiger partial charge in [-0.05, 0) is 24.3 Å². The number of amides is 2. The molecule has 1 aromatic heterocycles. The third-order valence-electron chi connectivity index (χ3n) is 2.18. The fraction of sp³-hybridized carbons (Fsp3) is 0. The van der Waals surface area contributed by atoms with Crippen LogP contribution in [-0.2, 0) is 0 Å². The van der Waals surface area contributed by atoms with Crippen molar-refractivity contribution in [1.82, 2.24) is 10.3 Å². The lowest BCUT2D eigenvalue weighted by atomic mass is 10.3. The first-order chi connectivity index (χ1) is 8.75. The molecule has 2 N–H and O–H groups in total. The average molecular weight is 257 g/mol. The van der Waals surface area contributed by atoms with Crippen molar-refractivity contribution >= 4 is 28.9 Å². The Hall–Kier alpha value is -2.27. The molecule has 0 unspecified atom stereocenters.